The van der Waals surface area contributed by atoms with Crippen LogP contribution in [0.4, 0.5) is 10.1 Å². The van der Waals surface area contributed by atoms with Gasteiger partial charge < -0.3 is 10.8 Å². The Morgan fingerprint density at radius 1 is 1.30 bits per heavy atom. The van der Waals surface area contributed by atoms with Crippen LogP contribution in [0.15, 0.2) is 17.0 Å². The third kappa shape index (κ3) is 3.28. The van der Waals surface area contributed by atoms with E-state index in [2.05, 4.69) is 4.72 Å². The fourth-order valence-electron chi connectivity index (χ4n) is 2.40. The number of aliphatic hydroxyl groups is 1. The second-order valence-corrected chi connectivity index (χ2v) is 6.98. The molecule has 0 amide bonds. The fraction of sp³-hybridized carbons (Fsp3) is 0.538. The Hall–Kier alpha value is -1.18. The first-order valence-corrected chi connectivity index (χ1v) is 8.04. The molecule has 1 saturated carbocycles. The van der Waals surface area contributed by atoms with E-state index in [4.69, 9.17) is 5.73 Å². The number of nitrogen functional groups attached to an aromatic ring is 1. The number of hydrogen-bond donors (Lipinski definition) is 3. The van der Waals surface area contributed by atoms with E-state index in [1.54, 1.807) is 0 Å². The van der Waals surface area contributed by atoms with Gasteiger partial charge in [0, 0.05) is 6.04 Å². The lowest BCUT2D eigenvalue weighted by Gasteiger charge is -2.26. The molecule has 1 fully saturated rings. The van der Waals surface area contributed by atoms with E-state index in [9.17, 15) is 17.9 Å². The molecule has 112 valence electrons. The van der Waals surface area contributed by atoms with Crippen LogP contribution in [0.2, 0.25) is 0 Å². The van der Waals surface area contributed by atoms with Crippen LogP contribution in [0.1, 0.15) is 31.2 Å². The van der Waals surface area contributed by atoms with Crippen LogP contribution in [-0.4, -0.2) is 25.7 Å². The minimum absolute atomic E-state index is 0.0278. The molecule has 20 heavy (non-hydrogen) atoms. The number of rotatable bonds is 3. The topological polar surface area (TPSA) is 92.4 Å². The summed E-state index contributed by atoms with van der Waals surface area (Å²) >= 11 is 0. The summed E-state index contributed by atoms with van der Waals surface area (Å²) < 4.78 is 40.5. The number of nitrogens with two attached hydrogens (primary N) is 1. The second-order valence-electron chi connectivity index (χ2n) is 5.27. The van der Waals surface area contributed by atoms with Gasteiger partial charge in [-0.2, -0.15) is 0 Å². The van der Waals surface area contributed by atoms with Crippen molar-refractivity contribution in [2.24, 2.45) is 0 Å². The summed E-state index contributed by atoms with van der Waals surface area (Å²) in [5.41, 5.74) is 5.49. The quantitative estimate of drug-likeness (QED) is 0.734. The third-order valence-electron chi connectivity index (χ3n) is 3.59. The summed E-state index contributed by atoms with van der Waals surface area (Å²) in [6.07, 6.45) is 2.00. The van der Waals surface area contributed by atoms with E-state index in [1.165, 1.54) is 13.0 Å². The van der Waals surface area contributed by atoms with Crippen molar-refractivity contribution >= 4 is 15.7 Å². The molecule has 0 radical (unpaired) electrons. The largest absolute Gasteiger partial charge is 0.396 e. The van der Waals surface area contributed by atoms with Gasteiger partial charge >= 0.3 is 0 Å². The van der Waals surface area contributed by atoms with E-state index in [-0.39, 0.29) is 28.3 Å². The average Bonchev–Trinajstić information content (AvgIpc) is 2.38. The molecule has 0 aromatic heterocycles. The van der Waals surface area contributed by atoms with Gasteiger partial charge in [0.25, 0.3) is 0 Å². The molecule has 0 saturated heterocycles. The summed E-state index contributed by atoms with van der Waals surface area (Å²) in [6.45, 7) is 1.47. The van der Waals surface area contributed by atoms with Crippen molar-refractivity contribution in [3.63, 3.8) is 0 Å². The summed E-state index contributed by atoms with van der Waals surface area (Å²) in [5.74, 6) is -0.593. The lowest BCUT2D eigenvalue weighted by molar-refractivity contribution is 0.120. The maximum absolute atomic E-state index is 13.4. The Kier molecular flexibility index (Phi) is 4.31. The molecule has 0 aliphatic heterocycles. The van der Waals surface area contributed by atoms with Gasteiger partial charge in [0.15, 0.2) is 0 Å². The Balaban J connectivity index is 2.18. The molecule has 0 atom stereocenters. The van der Waals surface area contributed by atoms with Gasteiger partial charge in [-0.3, -0.25) is 0 Å². The van der Waals surface area contributed by atoms with Crippen molar-refractivity contribution in [1.82, 2.24) is 4.72 Å². The standard InChI is InChI=1S/C13H19FN2O3S/c1-8-6-11(7-12(15)13(8)14)20(18,19)16-9-2-4-10(17)5-3-9/h6-7,9-10,16-17H,2-5,15H2,1H3. The van der Waals surface area contributed by atoms with Gasteiger partial charge in [0.05, 0.1) is 16.7 Å². The molecular formula is C13H19FN2O3S. The van der Waals surface area contributed by atoms with Crippen molar-refractivity contribution < 1.29 is 17.9 Å². The van der Waals surface area contributed by atoms with E-state index in [0.29, 0.717) is 25.7 Å². The highest BCUT2D eigenvalue weighted by molar-refractivity contribution is 7.89. The number of hydrogen-bond acceptors (Lipinski definition) is 4. The van der Waals surface area contributed by atoms with Crippen LogP contribution in [-0.2, 0) is 10.0 Å². The molecule has 5 nitrogen and oxygen atoms in total. The Bertz CT molecular complexity index is 573. The van der Waals surface area contributed by atoms with Crippen LogP contribution in [0.5, 0.6) is 0 Å². The Morgan fingerprint density at radius 3 is 2.45 bits per heavy atom. The molecule has 0 bridgehead atoms. The van der Waals surface area contributed by atoms with Crippen molar-refractivity contribution in [3.8, 4) is 0 Å². The van der Waals surface area contributed by atoms with Gasteiger partial charge in [-0.1, -0.05) is 0 Å². The van der Waals surface area contributed by atoms with E-state index >= 15 is 0 Å². The van der Waals surface area contributed by atoms with Crippen LogP contribution in [0.3, 0.4) is 0 Å². The maximum atomic E-state index is 13.4. The number of anilines is 1. The zero-order valence-corrected chi connectivity index (χ0v) is 12.1. The lowest BCUT2D eigenvalue weighted by Crippen LogP contribution is -2.38. The second kappa shape index (κ2) is 5.67. The predicted molar refractivity (Wildman–Crippen MR) is 74.1 cm³/mol. The highest BCUT2D eigenvalue weighted by Crippen LogP contribution is 2.23. The van der Waals surface area contributed by atoms with E-state index in [0.717, 1.165) is 6.07 Å². The van der Waals surface area contributed by atoms with Crippen molar-refractivity contribution in [2.45, 2.75) is 49.6 Å². The molecule has 2 rings (SSSR count). The maximum Gasteiger partial charge on any atom is 0.240 e. The predicted octanol–water partition coefficient (Wildman–Crippen LogP) is 1.30. The summed E-state index contributed by atoms with van der Waals surface area (Å²) in [7, 11) is -3.72. The molecule has 0 spiro atoms. The third-order valence-corrected chi connectivity index (χ3v) is 5.08. The average molecular weight is 302 g/mol. The number of halogens is 1. The first kappa shape index (κ1) is 15.2. The first-order valence-electron chi connectivity index (χ1n) is 6.55. The zero-order valence-electron chi connectivity index (χ0n) is 11.3. The normalized spacial score (nSPS) is 23.8. The van der Waals surface area contributed by atoms with Gasteiger partial charge in [-0.15, -0.1) is 0 Å². The van der Waals surface area contributed by atoms with Gasteiger partial charge in [0.2, 0.25) is 10.0 Å². The minimum atomic E-state index is -3.72. The van der Waals surface area contributed by atoms with E-state index in [1.807, 2.05) is 0 Å². The molecule has 7 heteroatoms. The zero-order chi connectivity index (χ0) is 14.9. The molecule has 1 aliphatic rings. The van der Waals surface area contributed by atoms with Gasteiger partial charge in [-0.25, -0.2) is 17.5 Å². The summed E-state index contributed by atoms with van der Waals surface area (Å²) in [6, 6.07) is 2.20. The molecule has 1 aromatic carbocycles. The smallest absolute Gasteiger partial charge is 0.240 e. The minimum Gasteiger partial charge on any atom is -0.396 e. The van der Waals surface area contributed by atoms with Crippen molar-refractivity contribution in [1.29, 1.82) is 0 Å². The molecule has 1 aliphatic carbocycles. The number of nitrogens with one attached hydrogen (secondary N) is 1. The highest BCUT2D eigenvalue weighted by Gasteiger charge is 2.25. The molecule has 4 N–H and O–H groups in total. The number of benzene rings is 1. The number of sulfonamides is 1. The molecule has 1 aromatic rings. The van der Waals surface area contributed by atoms with Crippen LogP contribution in [0.25, 0.3) is 0 Å². The van der Waals surface area contributed by atoms with Gasteiger partial charge in [-0.05, 0) is 50.3 Å². The fourth-order valence-corrected chi connectivity index (χ4v) is 3.82. The molecule has 0 heterocycles. The van der Waals surface area contributed by atoms with E-state index < -0.39 is 15.8 Å². The first-order chi connectivity index (χ1) is 9.29. The Morgan fingerprint density at radius 2 is 1.90 bits per heavy atom. The lowest BCUT2D eigenvalue weighted by atomic mass is 9.94. The summed E-state index contributed by atoms with van der Waals surface area (Å²) in [4.78, 5) is -0.0278. The SMILES string of the molecule is Cc1cc(S(=O)(=O)NC2CCC(O)CC2)cc(N)c1F. The van der Waals surface area contributed by atoms with Crippen molar-refractivity contribution in [3.05, 3.63) is 23.5 Å². The number of aliphatic hydroxyl groups excluding tert-OH is 1. The van der Waals surface area contributed by atoms with Crippen molar-refractivity contribution in [2.75, 3.05) is 5.73 Å². The molecule has 0 unspecified atom stereocenters. The number of aryl methyl sites for hydroxylation is 1. The monoisotopic (exact) mass is 302 g/mol. The van der Waals surface area contributed by atoms with Crippen LogP contribution in [0, 0.1) is 12.7 Å². The van der Waals surface area contributed by atoms with Crippen LogP contribution < -0.4 is 10.5 Å². The van der Waals surface area contributed by atoms with Crippen LogP contribution >= 0.6 is 0 Å². The van der Waals surface area contributed by atoms with Gasteiger partial charge in [0.1, 0.15) is 5.82 Å². The summed E-state index contributed by atoms with van der Waals surface area (Å²) in [5, 5.41) is 9.41. The Labute approximate surface area is 118 Å². The highest BCUT2D eigenvalue weighted by atomic mass is 32.2. The molecular weight excluding hydrogens is 283 g/mol.